The molecule has 0 radical (unpaired) electrons. The molecule has 0 N–H and O–H groups in total. The van der Waals surface area contributed by atoms with Gasteiger partial charge in [-0.15, -0.1) is 0 Å². The molecule has 12 rings (SSSR count). The Morgan fingerprint density at radius 2 is 0.500 bits per heavy atom. The van der Waals surface area contributed by atoms with Crippen LogP contribution in [0.1, 0.15) is 11.1 Å². The van der Waals surface area contributed by atoms with Gasteiger partial charge in [-0.05, 0) is 156 Å². The second-order valence-electron chi connectivity index (χ2n) is 17.1. The molecule has 2 aliphatic heterocycles. The average molecular weight is 945 g/mol. The number of nitrogens with zero attached hydrogens (tertiary/aromatic N) is 2. The monoisotopic (exact) mass is 944 g/mol. The highest BCUT2D eigenvalue weighted by molar-refractivity contribution is 8.05. The van der Waals surface area contributed by atoms with E-state index in [4.69, 9.17) is 0 Å². The molecule has 0 aromatic heterocycles. The first-order chi connectivity index (χ1) is 33.5. The molecule has 0 bridgehead atoms. The lowest BCUT2D eigenvalue weighted by Gasteiger charge is -2.27. The van der Waals surface area contributed by atoms with E-state index in [9.17, 15) is 0 Å². The number of benzene rings is 10. The molecule has 0 amide bonds. The normalized spacial score (nSPS) is 12.3. The third-order valence-corrected chi connectivity index (χ3v) is 17.8. The van der Waals surface area contributed by atoms with Crippen LogP contribution in [0.4, 0.5) is 34.1 Å². The number of hydrogen-bond acceptors (Lipinski definition) is 6. The summed E-state index contributed by atoms with van der Waals surface area (Å²) >= 11 is 7.48. The summed E-state index contributed by atoms with van der Waals surface area (Å²) in [5.41, 5.74) is 16.5. The second-order valence-corrected chi connectivity index (χ2v) is 21.4. The molecule has 2 nitrogen and oxygen atoms in total. The van der Waals surface area contributed by atoms with Gasteiger partial charge in [0.1, 0.15) is 0 Å². The largest absolute Gasteiger partial charge is 0.311 e. The molecular formula is C62H44N2S4. The number of hydrogen-bond donors (Lipinski definition) is 0. The van der Waals surface area contributed by atoms with Gasteiger partial charge in [0.25, 0.3) is 0 Å². The maximum Gasteiger partial charge on any atom is 0.0462 e. The fourth-order valence-corrected chi connectivity index (χ4v) is 13.8. The molecule has 10 aromatic carbocycles. The van der Waals surface area contributed by atoms with E-state index in [2.05, 4.69) is 254 Å². The lowest BCUT2D eigenvalue weighted by molar-refractivity contribution is 1.16. The quantitative estimate of drug-likeness (QED) is 0.141. The smallest absolute Gasteiger partial charge is 0.0462 e. The van der Waals surface area contributed by atoms with Crippen LogP contribution in [0.25, 0.3) is 33.4 Å². The number of aryl methyl sites for hydroxylation is 2. The highest BCUT2D eigenvalue weighted by atomic mass is 32.2. The Labute approximate surface area is 416 Å². The van der Waals surface area contributed by atoms with Crippen LogP contribution in [-0.4, -0.2) is 0 Å². The predicted molar refractivity (Wildman–Crippen MR) is 291 cm³/mol. The van der Waals surface area contributed by atoms with Crippen molar-refractivity contribution in [2.75, 3.05) is 9.80 Å². The van der Waals surface area contributed by atoms with Gasteiger partial charge in [-0.25, -0.2) is 0 Å². The van der Waals surface area contributed by atoms with Crippen molar-refractivity contribution in [2.24, 2.45) is 0 Å². The van der Waals surface area contributed by atoms with Crippen molar-refractivity contribution in [3.05, 3.63) is 242 Å². The Morgan fingerprint density at radius 1 is 0.235 bits per heavy atom. The Hall–Kier alpha value is -6.80. The van der Waals surface area contributed by atoms with Crippen LogP contribution in [0.5, 0.6) is 0 Å². The van der Waals surface area contributed by atoms with Crippen molar-refractivity contribution in [3.8, 4) is 33.4 Å². The molecule has 0 atom stereocenters. The summed E-state index contributed by atoms with van der Waals surface area (Å²) in [5.74, 6) is 0. The summed E-state index contributed by atoms with van der Waals surface area (Å²) < 4.78 is 0. The minimum Gasteiger partial charge on any atom is -0.311 e. The van der Waals surface area contributed by atoms with Crippen molar-refractivity contribution in [3.63, 3.8) is 0 Å². The lowest BCUT2D eigenvalue weighted by atomic mass is 10.0. The zero-order valence-electron chi connectivity index (χ0n) is 37.5. The van der Waals surface area contributed by atoms with Crippen molar-refractivity contribution < 1.29 is 0 Å². The molecule has 326 valence electrons. The molecule has 6 heteroatoms. The molecular weight excluding hydrogens is 901 g/mol. The third kappa shape index (κ3) is 8.32. The first-order valence-corrected chi connectivity index (χ1v) is 26.1. The highest BCUT2D eigenvalue weighted by Crippen LogP contribution is 2.53. The molecule has 10 aromatic rings. The number of fused-ring (bicyclic) bond motifs is 4. The van der Waals surface area contributed by atoms with E-state index in [1.165, 1.54) is 83.7 Å². The second kappa shape index (κ2) is 18.4. The first kappa shape index (κ1) is 42.5. The number of anilines is 6. The van der Waals surface area contributed by atoms with Crippen LogP contribution in [0, 0.1) is 13.8 Å². The fraction of sp³-hybridized carbons (Fsp3) is 0.0323. The highest BCUT2D eigenvalue weighted by Gasteiger charge is 2.23. The number of rotatable bonds is 9. The summed E-state index contributed by atoms with van der Waals surface area (Å²) in [5, 5.41) is 0. The van der Waals surface area contributed by atoms with E-state index in [0.717, 1.165) is 34.1 Å². The fourth-order valence-electron chi connectivity index (χ4n) is 9.02. The Balaban J connectivity index is 0.823. The summed E-state index contributed by atoms with van der Waals surface area (Å²) in [4.78, 5) is 15.3. The van der Waals surface area contributed by atoms with Gasteiger partial charge >= 0.3 is 0 Å². The van der Waals surface area contributed by atoms with Gasteiger partial charge in [0.05, 0.1) is 0 Å². The van der Waals surface area contributed by atoms with E-state index >= 15 is 0 Å². The third-order valence-electron chi connectivity index (χ3n) is 12.6. The van der Waals surface area contributed by atoms with Gasteiger partial charge in [0.15, 0.2) is 0 Å². The molecule has 2 aliphatic rings. The van der Waals surface area contributed by atoms with Crippen molar-refractivity contribution in [1.82, 2.24) is 0 Å². The molecule has 0 saturated carbocycles. The van der Waals surface area contributed by atoms with E-state index < -0.39 is 0 Å². The van der Waals surface area contributed by atoms with Crippen LogP contribution in [0.2, 0.25) is 0 Å². The van der Waals surface area contributed by atoms with E-state index in [0.29, 0.717) is 0 Å². The molecule has 0 aliphatic carbocycles. The molecule has 0 saturated heterocycles. The first-order valence-electron chi connectivity index (χ1n) is 22.8. The van der Waals surface area contributed by atoms with Crippen LogP contribution in [0.15, 0.2) is 270 Å². The minimum absolute atomic E-state index is 1.11. The molecule has 0 unspecified atom stereocenters. The van der Waals surface area contributed by atoms with Crippen molar-refractivity contribution in [2.45, 2.75) is 53.0 Å². The Morgan fingerprint density at radius 3 is 0.824 bits per heavy atom. The van der Waals surface area contributed by atoms with Gasteiger partial charge < -0.3 is 9.80 Å². The summed E-state index contributed by atoms with van der Waals surface area (Å²) in [6, 6.07) is 84.5. The molecule has 68 heavy (non-hydrogen) atoms. The van der Waals surface area contributed by atoms with E-state index in [1.807, 2.05) is 47.0 Å². The van der Waals surface area contributed by atoms with E-state index in [-0.39, 0.29) is 0 Å². The van der Waals surface area contributed by atoms with Crippen LogP contribution >= 0.6 is 47.0 Å². The van der Waals surface area contributed by atoms with Gasteiger partial charge in [0.2, 0.25) is 0 Å². The minimum atomic E-state index is 1.11. The zero-order chi connectivity index (χ0) is 45.6. The van der Waals surface area contributed by atoms with Crippen molar-refractivity contribution in [1.29, 1.82) is 0 Å². The van der Waals surface area contributed by atoms with E-state index in [1.54, 1.807) is 0 Å². The van der Waals surface area contributed by atoms with Gasteiger partial charge in [0, 0.05) is 73.3 Å². The van der Waals surface area contributed by atoms with Gasteiger partial charge in [-0.3, -0.25) is 0 Å². The van der Waals surface area contributed by atoms with Gasteiger partial charge in [-0.1, -0.05) is 180 Å². The molecule has 0 spiro atoms. The average Bonchev–Trinajstić information content (AvgIpc) is 3.39. The summed E-state index contributed by atoms with van der Waals surface area (Å²) in [6.45, 7) is 4.28. The SMILES string of the molecule is Cc1ccc(N(c2ccc(-c3ccc(N(c4ccc(C)cc4)c4ccc(-c5cccc6c5Sc5ccccc5S6)cc4)cc3)cc2)c2ccc(-c3cccc4c3Sc3ccccc3S4)cc2)cc1. The summed E-state index contributed by atoms with van der Waals surface area (Å²) in [7, 11) is 0. The molecule has 2 heterocycles. The maximum absolute atomic E-state index is 2.35. The van der Waals surface area contributed by atoms with Crippen LogP contribution in [-0.2, 0) is 0 Å². The zero-order valence-corrected chi connectivity index (χ0v) is 40.7. The molecule has 0 fully saturated rings. The maximum atomic E-state index is 2.35. The Bertz CT molecular complexity index is 3210. The van der Waals surface area contributed by atoms with Crippen molar-refractivity contribution >= 4 is 81.2 Å². The van der Waals surface area contributed by atoms with Gasteiger partial charge in [-0.2, -0.15) is 0 Å². The van der Waals surface area contributed by atoms with Crippen LogP contribution < -0.4 is 9.80 Å². The topological polar surface area (TPSA) is 6.48 Å². The summed E-state index contributed by atoms with van der Waals surface area (Å²) in [6.07, 6.45) is 0. The predicted octanol–water partition coefficient (Wildman–Crippen LogP) is 19.5. The Kier molecular flexibility index (Phi) is 11.5. The standard InChI is InChI=1S/C62H44N2S4/c1-41-17-29-47(30-18-41)63(51-37-25-45(26-38-51)53-9-7-15-59-61(53)67-57-13-5-3-11-55(57)65-59)49-33-21-43(22-34-49)44-23-35-50(36-24-44)64(48-31-19-42(2)20-32-48)52-39-27-46(28-40-52)54-10-8-16-60-62(54)68-58-14-6-4-12-56(58)66-60/h3-40H,1-2H3. The van der Waals surface area contributed by atoms with Crippen LogP contribution in [0.3, 0.4) is 0 Å². The lowest BCUT2D eigenvalue weighted by Crippen LogP contribution is -2.10.